The fourth-order valence-electron chi connectivity index (χ4n) is 1.86. The van der Waals surface area contributed by atoms with E-state index in [0.29, 0.717) is 5.56 Å². The van der Waals surface area contributed by atoms with Crippen molar-refractivity contribution in [3.8, 4) is 0 Å². The van der Waals surface area contributed by atoms with E-state index in [0.717, 1.165) is 6.20 Å². The van der Waals surface area contributed by atoms with Crippen molar-refractivity contribution < 1.29 is 18.3 Å². The van der Waals surface area contributed by atoms with Gasteiger partial charge >= 0.3 is 5.97 Å². The number of carbonyl (C=O) groups excluding carboxylic acids is 1. The number of benzene rings is 1. The van der Waals surface area contributed by atoms with Crippen LogP contribution in [0.4, 0.5) is 14.5 Å². The summed E-state index contributed by atoms with van der Waals surface area (Å²) in [5.41, 5.74) is 0.929. The molecular formula is C15H14F2N2O2. The molecule has 0 saturated carbocycles. The molecule has 0 aliphatic heterocycles. The number of hydrogen-bond acceptors (Lipinski definition) is 4. The normalized spacial score (nSPS) is 11.8. The Morgan fingerprint density at radius 2 is 2.05 bits per heavy atom. The summed E-state index contributed by atoms with van der Waals surface area (Å²) in [4.78, 5) is 15.2. The predicted molar refractivity (Wildman–Crippen MR) is 74.0 cm³/mol. The maximum atomic E-state index is 13.8. The molecule has 0 aliphatic carbocycles. The lowest BCUT2D eigenvalue weighted by Gasteiger charge is -2.16. The third kappa shape index (κ3) is 3.53. The third-order valence-electron chi connectivity index (χ3n) is 2.99. The first kappa shape index (κ1) is 14.9. The van der Waals surface area contributed by atoms with Crippen molar-refractivity contribution in [2.45, 2.75) is 13.0 Å². The summed E-state index contributed by atoms with van der Waals surface area (Å²) in [7, 11) is 1.25. The smallest absolute Gasteiger partial charge is 0.337 e. The lowest BCUT2D eigenvalue weighted by molar-refractivity contribution is 0.0600. The molecule has 0 amide bonds. The van der Waals surface area contributed by atoms with Crippen molar-refractivity contribution in [3.05, 3.63) is 59.4 Å². The van der Waals surface area contributed by atoms with E-state index >= 15 is 0 Å². The van der Waals surface area contributed by atoms with Gasteiger partial charge in [-0.2, -0.15) is 0 Å². The zero-order valence-corrected chi connectivity index (χ0v) is 11.6. The molecular weight excluding hydrogens is 278 g/mol. The molecule has 110 valence electrons. The van der Waals surface area contributed by atoms with E-state index in [9.17, 15) is 13.6 Å². The van der Waals surface area contributed by atoms with Gasteiger partial charge in [0.15, 0.2) is 0 Å². The fourth-order valence-corrected chi connectivity index (χ4v) is 1.86. The second-order valence-corrected chi connectivity index (χ2v) is 4.49. The van der Waals surface area contributed by atoms with Gasteiger partial charge in [-0.25, -0.2) is 13.6 Å². The van der Waals surface area contributed by atoms with Crippen molar-refractivity contribution >= 4 is 11.7 Å². The van der Waals surface area contributed by atoms with Gasteiger partial charge in [0.2, 0.25) is 0 Å². The molecule has 1 heterocycles. The van der Waals surface area contributed by atoms with Crippen molar-refractivity contribution in [3.63, 3.8) is 0 Å². The fraction of sp³-hybridized carbons (Fsp3) is 0.200. The second-order valence-electron chi connectivity index (χ2n) is 4.49. The van der Waals surface area contributed by atoms with Crippen LogP contribution in [0.1, 0.15) is 28.9 Å². The van der Waals surface area contributed by atoms with Gasteiger partial charge in [0.25, 0.3) is 0 Å². The molecule has 0 radical (unpaired) electrons. The van der Waals surface area contributed by atoms with E-state index in [1.807, 2.05) is 0 Å². The maximum absolute atomic E-state index is 13.8. The zero-order valence-electron chi connectivity index (χ0n) is 11.6. The molecule has 0 aliphatic rings. The topological polar surface area (TPSA) is 51.2 Å². The van der Waals surface area contributed by atoms with Gasteiger partial charge in [-0.15, -0.1) is 0 Å². The maximum Gasteiger partial charge on any atom is 0.337 e. The Hall–Kier alpha value is -2.50. The zero-order chi connectivity index (χ0) is 15.4. The van der Waals surface area contributed by atoms with Crippen LogP contribution >= 0.6 is 0 Å². The number of aromatic nitrogens is 1. The van der Waals surface area contributed by atoms with E-state index in [1.165, 1.54) is 37.6 Å². The molecule has 1 unspecified atom stereocenters. The van der Waals surface area contributed by atoms with E-state index in [1.54, 1.807) is 6.92 Å². The number of anilines is 1. The summed E-state index contributed by atoms with van der Waals surface area (Å²) in [6.45, 7) is 1.74. The molecule has 1 atom stereocenters. The summed E-state index contributed by atoms with van der Waals surface area (Å²) in [6.07, 6.45) is 2.58. The van der Waals surface area contributed by atoms with Crippen LogP contribution in [0.3, 0.4) is 0 Å². The molecule has 1 N–H and O–H groups in total. The molecule has 2 rings (SSSR count). The van der Waals surface area contributed by atoms with Crippen LogP contribution in [0.2, 0.25) is 0 Å². The Morgan fingerprint density at radius 3 is 2.71 bits per heavy atom. The van der Waals surface area contributed by atoms with Crippen LogP contribution in [0.25, 0.3) is 0 Å². The van der Waals surface area contributed by atoms with Gasteiger partial charge in [-0.05, 0) is 36.8 Å². The Bertz CT molecular complexity index is 662. The quantitative estimate of drug-likeness (QED) is 0.878. The van der Waals surface area contributed by atoms with Crippen LogP contribution in [-0.4, -0.2) is 18.1 Å². The lowest BCUT2D eigenvalue weighted by Crippen LogP contribution is -2.10. The van der Waals surface area contributed by atoms with Gasteiger partial charge < -0.3 is 10.1 Å². The van der Waals surface area contributed by atoms with Crippen molar-refractivity contribution in [2.24, 2.45) is 0 Å². The van der Waals surface area contributed by atoms with Crippen LogP contribution < -0.4 is 5.32 Å². The highest BCUT2D eigenvalue weighted by Gasteiger charge is 2.13. The Balaban J connectivity index is 2.24. The first-order valence-electron chi connectivity index (χ1n) is 6.26. The molecule has 0 fully saturated rings. The highest BCUT2D eigenvalue weighted by molar-refractivity contribution is 5.90. The van der Waals surface area contributed by atoms with Crippen LogP contribution in [-0.2, 0) is 4.74 Å². The number of nitrogens with one attached hydrogen (secondary N) is 1. The first-order valence-corrected chi connectivity index (χ1v) is 6.26. The molecule has 6 heteroatoms. The number of pyridine rings is 1. The third-order valence-corrected chi connectivity index (χ3v) is 2.99. The molecule has 0 spiro atoms. The number of hydrogen-bond donors (Lipinski definition) is 1. The van der Waals surface area contributed by atoms with Gasteiger partial charge in [-0.1, -0.05) is 0 Å². The summed E-state index contributed by atoms with van der Waals surface area (Å²) < 4.78 is 31.5. The minimum Gasteiger partial charge on any atom is -0.465 e. The van der Waals surface area contributed by atoms with Crippen LogP contribution in [0, 0.1) is 11.6 Å². The second kappa shape index (κ2) is 6.30. The lowest BCUT2D eigenvalue weighted by atomic mass is 10.1. The summed E-state index contributed by atoms with van der Waals surface area (Å²) in [6, 6.07) is 4.79. The number of halogens is 2. The number of ether oxygens (including phenoxy) is 1. The molecule has 21 heavy (non-hydrogen) atoms. The van der Waals surface area contributed by atoms with Gasteiger partial charge in [-0.3, -0.25) is 4.98 Å². The van der Waals surface area contributed by atoms with Crippen molar-refractivity contribution in [2.75, 3.05) is 12.4 Å². The van der Waals surface area contributed by atoms with Gasteiger partial charge in [0.05, 0.1) is 30.6 Å². The average Bonchev–Trinajstić information content (AvgIpc) is 2.48. The van der Waals surface area contributed by atoms with Crippen molar-refractivity contribution in [1.29, 1.82) is 0 Å². The number of nitrogens with zero attached hydrogens (tertiary/aromatic N) is 1. The highest BCUT2D eigenvalue weighted by atomic mass is 19.1. The van der Waals surface area contributed by atoms with Gasteiger partial charge in [0.1, 0.15) is 11.6 Å². The van der Waals surface area contributed by atoms with E-state index in [2.05, 4.69) is 15.0 Å². The minimum absolute atomic E-state index is 0.134. The summed E-state index contributed by atoms with van der Waals surface area (Å²) in [5, 5.41) is 2.88. The Morgan fingerprint density at radius 1 is 1.29 bits per heavy atom. The molecule has 1 aromatic heterocycles. The largest absolute Gasteiger partial charge is 0.465 e. The Labute approximate surface area is 120 Å². The molecule has 0 saturated heterocycles. The van der Waals surface area contributed by atoms with Crippen LogP contribution in [0.15, 0.2) is 36.7 Å². The number of esters is 1. The molecule has 4 nitrogen and oxygen atoms in total. The minimum atomic E-state index is -0.557. The standard InChI is InChI=1S/C15H14F2N2O2/c1-9(11-5-12(16)8-18-7-11)19-14-6-10(15(20)21-2)3-4-13(14)17/h3-9,19H,1-2H3. The first-order chi connectivity index (χ1) is 10.0. The number of rotatable bonds is 4. The monoisotopic (exact) mass is 292 g/mol. The molecule has 2 aromatic rings. The van der Waals surface area contributed by atoms with Gasteiger partial charge in [0, 0.05) is 6.20 Å². The molecule has 1 aromatic carbocycles. The predicted octanol–water partition coefficient (Wildman–Crippen LogP) is 3.32. The summed E-state index contributed by atoms with van der Waals surface area (Å²) >= 11 is 0. The SMILES string of the molecule is COC(=O)c1ccc(F)c(NC(C)c2cncc(F)c2)c1. The Kier molecular flexibility index (Phi) is 4.47. The summed E-state index contributed by atoms with van der Waals surface area (Å²) in [5.74, 6) is -1.54. The number of methoxy groups -OCH3 is 1. The van der Waals surface area contributed by atoms with Crippen molar-refractivity contribution in [1.82, 2.24) is 4.98 Å². The number of carbonyl (C=O) groups is 1. The van der Waals surface area contributed by atoms with E-state index in [-0.39, 0.29) is 17.3 Å². The molecule has 0 bridgehead atoms. The van der Waals surface area contributed by atoms with E-state index < -0.39 is 17.6 Å². The average molecular weight is 292 g/mol. The van der Waals surface area contributed by atoms with E-state index in [4.69, 9.17) is 0 Å². The van der Waals surface area contributed by atoms with Crippen LogP contribution in [0.5, 0.6) is 0 Å². The highest BCUT2D eigenvalue weighted by Crippen LogP contribution is 2.23.